The largest absolute Gasteiger partial charge is 0.480 e. The number of halogens is 1. The maximum atomic E-state index is 11.5. The summed E-state index contributed by atoms with van der Waals surface area (Å²) in [5.41, 5.74) is 0.646. The Balaban J connectivity index is 2.76. The fraction of sp³-hybridized carbons (Fsp3) is 0.182. The van der Waals surface area contributed by atoms with Gasteiger partial charge < -0.3 is 5.11 Å². The van der Waals surface area contributed by atoms with E-state index < -0.39 is 22.0 Å². The Morgan fingerprint density at radius 2 is 1.94 bits per heavy atom. The normalized spacial score (nSPS) is 13.7. The van der Waals surface area contributed by atoms with Crippen LogP contribution in [0.25, 0.3) is 6.08 Å². The van der Waals surface area contributed by atoms with Crippen molar-refractivity contribution in [3.05, 3.63) is 40.3 Å². The van der Waals surface area contributed by atoms with Gasteiger partial charge in [0, 0.05) is 10.4 Å². The molecule has 0 fully saturated rings. The Bertz CT molecular complexity index is 551. The molecule has 0 aliphatic heterocycles. The highest BCUT2D eigenvalue weighted by molar-refractivity contribution is 7.92. The lowest BCUT2D eigenvalue weighted by Gasteiger charge is -2.06. The molecule has 2 N–H and O–H groups in total. The van der Waals surface area contributed by atoms with Crippen LogP contribution < -0.4 is 4.72 Å². The maximum absolute atomic E-state index is 11.5. The number of sulfonamides is 1. The molecule has 1 rings (SSSR count). The minimum absolute atomic E-state index is 0.549. The van der Waals surface area contributed by atoms with Crippen LogP contribution in [-0.2, 0) is 14.8 Å². The molecule has 0 radical (unpaired) electrons. The Hall–Kier alpha value is -1.37. The Kier molecular flexibility index (Phi) is 4.89. The van der Waals surface area contributed by atoms with Gasteiger partial charge in [0.15, 0.2) is 0 Å². The van der Waals surface area contributed by atoms with Crippen molar-refractivity contribution in [1.29, 1.82) is 0 Å². The van der Waals surface area contributed by atoms with Crippen molar-refractivity contribution in [2.45, 2.75) is 13.0 Å². The second kappa shape index (κ2) is 5.99. The van der Waals surface area contributed by atoms with Crippen molar-refractivity contribution in [2.24, 2.45) is 0 Å². The minimum Gasteiger partial charge on any atom is -0.480 e. The summed E-state index contributed by atoms with van der Waals surface area (Å²) >= 11 is 5.69. The van der Waals surface area contributed by atoms with E-state index in [0.29, 0.717) is 10.6 Å². The molecule has 5 nitrogen and oxygen atoms in total. The summed E-state index contributed by atoms with van der Waals surface area (Å²) in [6.07, 6.45) is 1.35. The monoisotopic (exact) mass is 289 g/mol. The number of aliphatic carboxylic acids is 1. The number of rotatable bonds is 5. The smallest absolute Gasteiger partial charge is 0.321 e. The molecule has 0 unspecified atom stereocenters. The molecule has 1 aromatic carbocycles. The topological polar surface area (TPSA) is 83.5 Å². The third-order valence-electron chi connectivity index (χ3n) is 2.02. The molecular weight excluding hydrogens is 278 g/mol. The Morgan fingerprint density at radius 1 is 1.39 bits per heavy atom. The van der Waals surface area contributed by atoms with Gasteiger partial charge in [0.05, 0.1) is 0 Å². The minimum atomic E-state index is -3.78. The van der Waals surface area contributed by atoms with Crippen LogP contribution in [0.2, 0.25) is 5.02 Å². The number of nitrogens with one attached hydrogen (secondary N) is 1. The van der Waals surface area contributed by atoms with E-state index in [9.17, 15) is 13.2 Å². The van der Waals surface area contributed by atoms with Crippen molar-refractivity contribution in [3.63, 3.8) is 0 Å². The van der Waals surface area contributed by atoms with Gasteiger partial charge >= 0.3 is 5.97 Å². The molecule has 1 aromatic rings. The highest BCUT2D eigenvalue weighted by Crippen LogP contribution is 2.11. The molecule has 0 bridgehead atoms. The lowest BCUT2D eigenvalue weighted by Crippen LogP contribution is -2.37. The fourth-order valence-electron chi connectivity index (χ4n) is 1.08. The van der Waals surface area contributed by atoms with Crippen LogP contribution in [0.15, 0.2) is 29.7 Å². The summed E-state index contributed by atoms with van der Waals surface area (Å²) in [4.78, 5) is 10.5. The Labute approximate surface area is 110 Å². The molecule has 0 heterocycles. The number of hydrogen-bond donors (Lipinski definition) is 2. The third kappa shape index (κ3) is 4.87. The first kappa shape index (κ1) is 14.7. The molecule has 0 saturated carbocycles. The highest BCUT2D eigenvalue weighted by atomic mass is 35.5. The summed E-state index contributed by atoms with van der Waals surface area (Å²) in [5, 5.41) is 10.1. The standard InChI is InChI=1S/C11H12ClNO4S/c1-8(11(14)15)13-18(16,17)7-6-9-2-4-10(12)5-3-9/h2-8,13H,1H3,(H,14,15)/b7-6+/t8-/m1/s1. The average Bonchev–Trinajstić information content (AvgIpc) is 2.27. The number of carboxylic acids is 1. The molecule has 1 atom stereocenters. The van der Waals surface area contributed by atoms with Crippen LogP contribution in [0, 0.1) is 0 Å². The van der Waals surface area contributed by atoms with Gasteiger partial charge in [-0.15, -0.1) is 0 Å². The first-order valence-electron chi connectivity index (χ1n) is 4.99. The number of benzene rings is 1. The molecule has 7 heteroatoms. The maximum Gasteiger partial charge on any atom is 0.321 e. The third-order valence-corrected chi connectivity index (χ3v) is 3.45. The van der Waals surface area contributed by atoms with Gasteiger partial charge in [0.2, 0.25) is 10.0 Å². The predicted octanol–water partition coefficient (Wildman–Crippen LogP) is 1.70. The van der Waals surface area contributed by atoms with Crippen molar-refractivity contribution >= 4 is 33.7 Å². The molecule has 0 amide bonds. The van der Waals surface area contributed by atoms with Crippen LogP contribution in [0.5, 0.6) is 0 Å². The molecule has 0 saturated heterocycles. The van der Waals surface area contributed by atoms with Crippen LogP contribution in [0.4, 0.5) is 0 Å². The van der Waals surface area contributed by atoms with Crippen molar-refractivity contribution in [1.82, 2.24) is 4.72 Å². The van der Waals surface area contributed by atoms with Crippen LogP contribution in [-0.4, -0.2) is 25.5 Å². The van der Waals surface area contributed by atoms with E-state index in [-0.39, 0.29) is 0 Å². The molecule has 98 valence electrons. The molecule has 0 aliphatic carbocycles. The van der Waals surface area contributed by atoms with Crippen LogP contribution >= 0.6 is 11.6 Å². The molecule has 0 aliphatic rings. The number of carboxylic acid groups (broad SMARTS) is 1. The molecule has 18 heavy (non-hydrogen) atoms. The van der Waals surface area contributed by atoms with Crippen LogP contribution in [0.1, 0.15) is 12.5 Å². The fourth-order valence-corrected chi connectivity index (χ4v) is 2.21. The van der Waals surface area contributed by atoms with Gasteiger partial charge in [-0.2, -0.15) is 4.72 Å². The van der Waals surface area contributed by atoms with Gasteiger partial charge in [-0.1, -0.05) is 23.7 Å². The molecule has 0 aromatic heterocycles. The summed E-state index contributed by atoms with van der Waals surface area (Å²) < 4.78 is 25.0. The summed E-state index contributed by atoms with van der Waals surface area (Å²) in [5.74, 6) is -1.24. The van der Waals surface area contributed by atoms with Crippen molar-refractivity contribution in [2.75, 3.05) is 0 Å². The second-order valence-electron chi connectivity index (χ2n) is 3.58. The van der Waals surface area contributed by atoms with E-state index in [4.69, 9.17) is 16.7 Å². The molecular formula is C11H12ClNO4S. The van der Waals surface area contributed by atoms with E-state index >= 15 is 0 Å². The van der Waals surface area contributed by atoms with Crippen molar-refractivity contribution in [3.8, 4) is 0 Å². The zero-order valence-corrected chi connectivity index (χ0v) is 11.1. The van der Waals surface area contributed by atoms with Crippen molar-refractivity contribution < 1.29 is 18.3 Å². The Morgan fingerprint density at radius 3 is 2.44 bits per heavy atom. The quantitative estimate of drug-likeness (QED) is 0.864. The van der Waals surface area contributed by atoms with E-state index in [2.05, 4.69) is 0 Å². The summed E-state index contributed by atoms with van der Waals surface area (Å²) in [7, 11) is -3.78. The number of hydrogen-bond acceptors (Lipinski definition) is 3. The summed E-state index contributed by atoms with van der Waals surface area (Å²) in [6.45, 7) is 1.25. The van der Waals surface area contributed by atoms with Gasteiger partial charge in [-0.25, -0.2) is 8.42 Å². The van der Waals surface area contributed by atoms with Crippen LogP contribution in [0.3, 0.4) is 0 Å². The SMILES string of the molecule is C[C@@H](NS(=O)(=O)/C=C/c1ccc(Cl)cc1)C(=O)O. The van der Waals surface area contributed by atoms with Gasteiger partial charge in [0.25, 0.3) is 0 Å². The van der Waals surface area contributed by atoms with E-state index in [1.807, 2.05) is 4.72 Å². The molecule has 0 spiro atoms. The first-order chi connectivity index (χ1) is 8.30. The van der Waals surface area contributed by atoms with E-state index in [1.165, 1.54) is 13.0 Å². The zero-order chi connectivity index (χ0) is 13.8. The predicted molar refractivity (Wildman–Crippen MR) is 69.6 cm³/mol. The summed E-state index contributed by atoms with van der Waals surface area (Å²) in [6, 6.07) is 5.37. The average molecular weight is 290 g/mol. The number of carbonyl (C=O) groups is 1. The lowest BCUT2D eigenvalue weighted by atomic mass is 10.2. The second-order valence-corrected chi connectivity index (χ2v) is 5.61. The van der Waals surface area contributed by atoms with E-state index in [0.717, 1.165) is 5.41 Å². The lowest BCUT2D eigenvalue weighted by molar-refractivity contribution is -0.138. The van der Waals surface area contributed by atoms with Gasteiger partial charge in [-0.3, -0.25) is 4.79 Å². The first-order valence-corrected chi connectivity index (χ1v) is 6.91. The van der Waals surface area contributed by atoms with Gasteiger partial charge in [-0.05, 0) is 30.7 Å². The highest BCUT2D eigenvalue weighted by Gasteiger charge is 2.16. The zero-order valence-electron chi connectivity index (χ0n) is 9.50. The van der Waals surface area contributed by atoms with E-state index in [1.54, 1.807) is 24.3 Å². The van der Waals surface area contributed by atoms with Gasteiger partial charge in [0.1, 0.15) is 6.04 Å².